The van der Waals surface area contributed by atoms with Gasteiger partial charge in [0.15, 0.2) is 6.61 Å². The number of rotatable bonds is 7. The molecule has 1 aromatic carbocycles. The number of ether oxygens (including phenoxy) is 1. The molecule has 1 aliphatic heterocycles. The van der Waals surface area contributed by atoms with Crippen molar-refractivity contribution in [3.8, 4) is 0 Å². The average Bonchev–Trinajstić information content (AvgIpc) is 3.39. The molecule has 31 heavy (non-hydrogen) atoms. The Morgan fingerprint density at radius 3 is 2.39 bits per heavy atom. The van der Waals surface area contributed by atoms with Gasteiger partial charge < -0.3 is 20.3 Å². The SMILES string of the molecule is Cc1sc(NC(=O)C2CC2)c(C(=O)OCC(=O)Nc2ccc(N3CCCC3)cc2)c1C. The van der Waals surface area contributed by atoms with Gasteiger partial charge in [-0.05, 0) is 69.4 Å². The maximum absolute atomic E-state index is 12.7. The third kappa shape index (κ3) is 5.07. The molecule has 0 spiro atoms. The fourth-order valence-corrected chi connectivity index (χ4v) is 4.70. The van der Waals surface area contributed by atoms with Crippen LogP contribution in [0.25, 0.3) is 0 Å². The van der Waals surface area contributed by atoms with E-state index in [0.717, 1.165) is 42.1 Å². The molecule has 8 heteroatoms. The third-order valence-corrected chi connectivity index (χ3v) is 6.85. The molecule has 2 aliphatic rings. The van der Waals surface area contributed by atoms with Gasteiger partial charge in [0.05, 0.1) is 5.56 Å². The number of amides is 2. The van der Waals surface area contributed by atoms with E-state index in [0.29, 0.717) is 16.3 Å². The van der Waals surface area contributed by atoms with E-state index in [1.165, 1.54) is 24.2 Å². The molecule has 1 aromatic heterocycles. The first-order chi connectivity index (χ1) is 14.9. The fraction of sp³-hybridized carbons (Fsp3) is 0.435. The van der Waals surface area contributed by atoms with Gasteiger partial charge in [0.25, 0.3) is 5.91 Å². The first-order valence-corrected chi connectivity index (χ1v) is 11.5. The number of esters is 1. The summed E-state index contributed by atoms with van der Waals surface area (Å²) in [6, 6.07) is 7.68. The summed E-state index contributed by atoms with van der Waals surface area (Å²) in [7, 11) is 0. The van der Waals surface area contributed by atoms with Gasteiger partial charge in [-0.1, -0.05) is 0 Å². The highest BCUT2D eigenvalue weighted by Crippen LogP contribution is 2.36. The molecule has 0 radical (unpaired) electrons. The van der Waals surface area contributed by atoms with Crippen molar-refractivity contribution in [2.45, 2.75) is 39.5 Å². The number of carbonyl (C=O) groups is 3. The second-order valence-electron chi connectivity index (χ2n) is 8.12. The van der Waals surface area contributed by atoms with Crippen molar-refractivity contribution in [3.05, 3.63) is 40.3 Å². The Morgan fingerprint density at radius 2 is 1.74 bits per heavy atom. The third-order valence-electron chi connectivity index (χ3n) is 5.73. The smallest absolute Gasteiger partial charge is 0.341 e. The Hall–Kier alpha value is -2.87. The second kappa shape index (κ2) is 9.09. The van der Waals surface area contributed by atoms with Crippen molar-refractivity contribution in [2.75, 3.05) is 35.2 Å². The number of anilines is 3. The minimum absolute atomic E-state index is 0.0363. The number of thiophene rings is 1. The zero-order valence-corrected chi connectivity index (χ0v) is 18.6. The van der Waals surface area contributed by atoms with Crippen LogP contribution in [0.3, 0.4) is 0 Å². The molecule has 2 aromatic rings. The van der Waals surface area contributed by atoms with E-state index in [-0.39, 0.29) is 11.8 Å². The number of nitrogens with zero attached hydrogens (tertiary/aromatic N) is 1. The van der Waals surface area contributed by atoms with E-state index in [1.807, 2.05) is 38.1 Å². The summed E-state index contributed by atoms with van der Waals surface area (Å²) >= 11 is 1.35. The summed E-state index contributed by atoms with van der Waals surface area (Å²) in [5.74, 6) is -1.04. The molecule has 0 unspecified atom stereocenters. The van der Waals surface area contributed by atoms with Crippen LogP contribution < -0.4 is 15.5 Å². The van der Waals surface area contributed by atoms with Crippen LogP contribution in [0.5, 0.6) is 0 Å². The lowest BCUT2D eigenvalue weighted by molar-refractivity contribution is -0.119. The van der Waals surface area contributed by atoms with Gasteiger partial charge in [-0.25, -0.2) is 4.79 Å². The number of benzene rings is 1. The highest BCUT2D eigenvalue weighted by Gasteiger charge is 2.31. The molecule has 2 fully saturated rings. The molecule has 0 atom stereocenters. The number of carbonyl (C=O) groups excluding carboxylic acids is 3. The van der Waals surface area contributed by atoms with E-state index in [9.17, 15) is 14.4 Å². The van der Waals surface area contributed by atoms with Crippen LogP contribution in [0, 0.1) is 19.8 Å². The summed E-state index contributed by atoms with van der Waals surface area (Å²) in [6.07, 6.45) is 4.18. The van der Waals surface area contributed by atoms with Gasteiger partial charge in [-0.3, -0.25) is 9.59 Å². The van der Waals surface area contributed by atoms with Crippen LogP contribution in [0.15, 0.2) is 24.3 Å². The Kier molecular flexibility index (Phi) is 6.27. The summed E-state index contributed by atoms with van der Waals surface area (Å²) < 4.78 is 5.26. The predicted molar refractivity (Wildman–Crippen MR) is 122 cm³/mol. The highest BCUT2D eigenvalue weighted by atomic mass is 32.1. The lowest BCUT2D eigenvalue weighted by atomic mass is 10.1. The minimum atomic E-state index is -0.604. The first-order valence-electron chi connectivity index (χ1n) is 10.6. The van der Waals surface area contributed by atoms with E-state index in [2.05, 4.69) is 15.5 Å². The van der Waals surface area contributed by atoms with Crippen LogP contribution in [0.4, 0.5) is 16.4 Å². The van der Waals surface area contributed by atoms with Gasteiger partial charge in [-0.2, -0.15) is 0 Å². The monoisotopic (exact) mass is 441 g/mol. The molecule has 164 valence electrons. The van der Waals surface area contributed by atoms with Gasteiger partial charge in [0.1, 0.15) is 5.00 Å². The Balaban J connectivity index is 1.33. The normalized spacial score (nSPS) is 15.6. The van der Waals surface area contributed by atoms with Gasteiger partial charge in [0, 0.05) is 35.3 Å². The molecular weight excluding hydrogens is 414 g/mol. The standard InChI is InChI=1S/C23H27N3O4S/c1-14-15(2)31-22(25-21(28)16-5-6-16)20(14)23(29)30-13-19(27)24-17-7-9-18(10-8-17)26-11-3-4-12-26/h7-10,16H,3-6,11-13H2,1-2H3,(H,24,27)(H,25,28). The zero-order valence-electron chi connectivity index (χ0n) is 17.8. The lowest BCUT2D eigenvalue weighted by Crippen LogP contribution is -2.22. The highest BCUT2D eigenvalue weighted by molar-refractivity contribution is 7.16. The lowest BCUT2D eigenvalue weighted by Gasteiger charge is -2.17. The topological polar surface area (TPSA) is 87.7 Å². The van der Waals surface area contributed by atoms with Gasteiger partial charge >= 0.3 is 5.97 Å². The quantitative estimate of drug-likeness (QED) is 0.632. The van der Waals surface area contributed by atoms with E-state index >= 15 is 0 Å². The van der Waals surface area contributed by atoms with E-state index < -0.39 is 18.5 Å². The Morgan fingerprint density at radius 1 is 1.06 bits per heavy atom. The predicted octanol–water partition coefficient (Wildman–Crippen LogP) is 4.11. The molecule has 1 saturated heterocycles. The molecule has 2 heterocycles. The molecular formula is C23H27N3O4S. The van der Waals surface area contributed by atoms with Crippen LogP contribution in [0.1, 0.15) is 46.5 Å². The van der Waals surface area contributed by atoms with Crippen molar-refractivity contribution in [1.82, 2.24) is 0 Å². The van der Waals surface area contributed by atoms with Crippen molar-refractivity contribution in [2.24, 2.45) is 5.92 Å². The summed E-state index contributed by atoms with van der Waals surface area (Å²) in [5.41, 5.74) is 2.90. The molecule has 2 amide bonds. The van der Waals surface area contributed by atoms with Crippen molar-refractivity contribution in [3.63, 3.8) is 0 Å². The van der Waals surface area contributed by atoms with Crippen LogP contribution >= 0.6 is 11.3 Å². The maximum atomic E-state index is 12.7. The summed E-state index contributed by atoms with van der Waals surface area (Å²) in [4.78, 5) is 40.3. The zero-order chi connectivity index (χ0) is 22.0. The Bertz CT molecular complexity index is 989. The summed E-state index contributed by atoms with van der Waals surface area (Å²) in [5, 5.41) is 6.09. The van der Waals surface area contributed by atoms with Crippen molar-refractivity contribution < 1.29 is 19.1 Å². The van der Waals surface area contributed by atoms with Crippen molar-refractivity contribution >= 4 is 45.5 Å². The largest absolute Gasteiger partial charge is 0.452 e. The molecule has 1 saturated carbocycles. The van der Waals surface area contributed by atoms with E-state index in [4.69, 9.17) is 4.74 Å². The second-order valence-corrected chi connectivity index (χ2v) is 9.34. The van der Waals surface area contributed by atoms with Crippen LogP contribution in [-0.4, -0.2) is 37.5 Å². The minimum Gasteiger partial charge on any atom is -0.452 e. The van der Waals surface area contributed by atoms with Crippen LogP contribution in [-0.2, 0) is 14.3 Å². The first kappa shape index (κ1) is 21.4. The average molecular weight is 442 g/mol. The van der Waals surface area contributed by atoms with Gasteiger partial charge in [0.2, 0.25) is 5.91 Å². The molecule has 1 aliphatic carbocycles. The Labute approximate surface area is 185 Å². The number of aryl methyl sites for hydroxylation is 1. The summed E-state index contributed by atoms with van der Waals surface area (Å²) in [6.45, 7) is 5.44. The van der Waals surface area contributed by atoms with Crippen molar-refractivity contribution in [1.29, 1.82) is 0 Å². The fourth-order valence-electron chi connectivity index (χ4n) is 3.65. The molecule has 2 N–H and O–H groups in total. The number of nitrogens with one attached hydrogen (secondary N) is 2. The number of hydrogen-bond donors (Lipinski definition) is 2. The molecule has 0 bridgehead atoms. The maximum Gasteiger partial charge on any atom is 0.341 e. The molecule has 4 rings (SSSR count). The van der Waals surface area contributed by atoms with Crippen LogP contribution in [0.2, 0.25) is 0 Å². The van der Waals surface area contributed by atoms with E-state index in [1.54, 1.807) is 0 Å². The van der Waals surface area contributed by atoms with Gasteiger partial charge in [-0.15, -0.1) is 11.3 Å². The number of hydrogen-bond acceptors (Lipinski definition) is 6. The molecule has 7 nitrogen and oxygen atoms in total.